The largest absolute Gasteiger partial charge is 0.347 e. The Morgan fingerprint density at radius 1 is 1.25 bits per heavy atom. The summed E-state index contributed by atoms with van der Waals surface area (Å²) >= 11 is 0. The Morgan fingerprint density at radius 2 is 2.00 bits per heavy atom. The van der Waals surface area contributed by atoms with Crippen molar-refractivity contribution in [2.24, 2.45) is 0 Å². The topological polar surface area (TPSA) is 18.5 Å². The standard InChI is InChI=1S/C10H18O2/c1-3-9-5-7-10(12-9)6-4-8(2)11-10/h8-9H,3-7H2,1-2H3. The molecule has 2 nitrogen and oxygen atoms in total. The fourth-order valence-corrected chi connectivity index (χ4v) is 2.27. The molecule has 2 saturated heterocycles. The van der Waals surface area contributed by atoms with Crippen LogP contribution >= 0.6 is 0 Å². The van der Waals surface area contributed by atoms with Crippen LogP contribution in [0.15, 0.2) is 0 Å². The van der Waals surface area contributed by atoms with Crippen molar-refractivity contribution in [3.63, 3.8) is 0 Å². The predicted molar refractivity (Wildman–Crippen MR) is 46.9 cm³/mol. The molecule has 0 bridgehead atoms. The molecule has 0 aromatic rings. The summed E-state index contributed by atoms with van der Waals surface area (Å²) in [6.45, 7) is 4.32. The van der Waals surface area contributed by atoms with Crippen LogP contribution in [-0.4, -0.2) is 18.0 Å². The molecule has 0 saturated carbocycles. The van der Waals surface area contributed by atoms with E-state index in [1.54, 1.807) is 0 Å². The van der Waals surface area contributed by atoms with Crippen LogP contribution in [0.25, 0.3) is 0 Å². The van der Waals surface area contributed by atoms with E-state index in [2.05, 4.69) is 13.8 Å². The number of hydrogen-bond donors (Lipinski definition) is 0. The summed E-state index contributed by atoms with van der Waals surface area (Å²) in [5.41, 5.74) is 0. The highest BCUT2D eigenvalue weighted by Crippen LogP contribution is 2.42. The number of ether oxygens (including phenoxy) is 2. The molecular weight excluding hydrogens is 152 g/mol. The van der Waals surface area contributed by atoms with Crippen LogP contribution in [0.5, 0.6) is 0 Å². The highest BCUT2D eigenvalue weighted by molar-refractivity contribution is 4.86. The molecule has 2 aliphatic rings. The average Bonchev–Trinajstić information content (AvgIpc) is 2.61. The van der Waals surface area contributed by atoms with Crippen LogP contribution in [0.4, 0.5) is 0 Å². The van der Waals surface area contributed by atoms with Crippen molar-refractivity contribution in [1.29, 1.82) is 0 Å². The van der Waals surface area contributed by atoms with Gasteiger partial charge in [0.2, 0.25) is 0 Å². The molecule has 12 heavy (non-hydrogen) atoms. The fourth-order valence-electron chi connectivity index (χ4n) is 2.27. The minimum atomic E-state index is -0.167. The third-order valence-corrected chi connectivity index (χ3v) is 3.03. The maximum atomic E-state index is 5.91. The van der Waals surface area contributed by atoms with E-state index in [0.29, 0.717) is 12.2 Å². The van der Waals surface area contributed by atoms with E-state index >= 15 is 0 Å². The molecule has 1 spiro atoms. The van der Waals surface area contributed by atoms with Crippen LogP contribution in [0.1, 0.15) is 46.0 Å². The highest BCUT2D eigenvalue weighted by atomic mass is 16.7. The lowest BCUT2D eigenvalue weighted by molar-refractivity contribution is -0.213. The molecule has 3 unspecified atom stereocenters. The summed E-state index contributed by atoms with van der Waals surface area (Å²) in [5.74, 6) is -0.167. The van der Waals surface area contributed by atoms with Gasteiger partial charge in [0.15, 0.2) is 5.79 Å². The van der Waals surface area contributed by atoms with Gasteiger partial charge < -0.3 is 9.47 Å². The summed E-state index contributed by atoms with van der Waals surface area (Å²) in [6, 6.07) is 0. The van der Waals surface area contributed by atoms with E-state index in [-0.39, 0.29) is 5.79 Å². The van der Waals surface area contributed by atoms with Gasteiger partial charge in [0.05, 0.1) is 12.2 Å². The molecule has 2 heteroatoms. The minimum Gasteiger partial charge on any atom is -0.347 e. The van der Waals surface area contributed by atoms with Crippen molar-refractivity contribution in [3.8, 4) is 0 Å². The number of rotatable bonds is 1. The second-order valence-electron chi connectivity index (χ2n) is 4.06. The van der Waals surface area contributed by atoms with E-state index in [9.17, 15) is 0 Å². The second-order valence-corrected chi connectivity index (χ2v) is 4.06. The van der Waals surface area contributed by atoms with E-state index in [0.717, 1.165) is 25.7 Å². The van der Waals surface area contributed by atoms with Gasteiger partial charge in [-0.2, -0.15) is 0 Å². The first-order valence-electron chi connectivity index (χ1n) is 5.10. The Balaban J connectivity index is 1.97. The Hall–Kier alpha value is -0.0800. The van der Waals surface area contributed by atoms with Crippen LogP contribution in [0.2, 0.25) is 0 Å². The van der Waals surface area contributed by atoms with E-state index in [4.69, 9.17) is 9.47 Å². The van der Waals surface area contributed by atoms with Gasteiger partial charge in [-0.15, -0.1) is 0 Å². The molecule has 2 fully saturated rings. The zero-order chi connectivity index (χ0) is 8.60. The molecule has 70 valence electrons. The van der Waals surface area contributed by atoms with Crippen LogP contribution in [0.3, 0.4) is 0 Å². The second kappa shape index (κ2) is 3.00. The van der Waals surface area contributed by atoms with Gasteiger partial charge >= 0.3 is 0 Å². The van der Waals surface area contributed by atoms with Gasteiger partial charge in [0.25, 0.3) is 0 Å². The summed E-state index contributed by atoms with van der Waals surface area (Å²) in [6.07, 6.45) is 6.54. The molecule has 2 aliphatic heterocycles. The molecule has 0 radical (unpaired) electrons. The van der Waals surface area contributed by atoms with Crippen LogP contribution in [-0.2, 0) is 9.47 Å². The molecular formula is C10H18O2. The maximum Gasteiger partial charge on any atom is 0.169 e. The molecule has 2 heterocycles. The molecule has 2 rings (SSSR count). The lowest BCUT2D eigenvalue weighted by Crippen LogP contribution is -2.28. The van der Waals surface area contributed by atoms with Gasteiger partial charge in [0.1, 0.15) is 0 Å². The molecule has 0 aromatic carbocycles. The molecule has 0 aliphatic carbocycles. The SMILES string of the molecule is CCC1CCC2(CCC(C)O2)O1. The van der Waals surface area contributed by atoms with Gasteiger partial charge in [-0.25, -0.2) is 0 Å². The Bertz CT molecular complexity index is 169. The average molecular weight is 170 g/mol. The first-order valence-corrected chi connectivity index (χ1v) is 5.10. The molecule has 0 amide bonds. The van der Waals surface area contributed by atoms with E-state index in [1.807, 2.05) is 0 Å². The van der Waals surface area contributed by atoms with Gasteiger partial charge in [-0.05, 0) is 26.2 Å². The first-order chi connectivity index (χ1) is 5.74. The highest BCUT2D eigenvalue weighted by Gasteiger charge is 2.45. The van der Waals surface area contributed by atoms with Crippen molar-refractivity contribution < 1.29 is 9.47 Å². The Morgan fingerprint density at radius 3 is 2.50 bits per heavy atom. The van der Waals surface area contributed by atoms with Crippen molar-refractivity contribution in [1.82, 2.24) is 0 Å². The molecule has 0 aromatic heterocycles. The quantitative estimate of drug-likeness (QED) is 0.602. The molecule has 3 atom stereocenters. The first kappa shape index (κ1) is 8.52. The predicted octanol–water partition coefficient (Wildman–Crippen LogP) is 2.47. The van der Waals surface area contributed by atoms with Crippen molar-refractivity contribution >= 4 is 0 Å². The zero-order valence-electron chi connectivity index (χ0n) is 8.01. The van der Waals surface area contributed by atoms with E-state index < -0.39 is 0 Å². The Kier molecular flexibility index (Phi) is 2.13. The number of hydrogen-bond acceptors (Lipinski definition) is 2. The normalized spacial score (nSPS) is 47.5. The summed E-state index contributed by atoms with van der Waals surface area (Å²) in [7, 11) is 0. The maximum absolute atomic E-state index is 5.91. The lowest BCUT2D eigenvalue weighted by atomic mass is 10.1. The summed E-state index contributed by atoms with van der Waals surface area (Å²) < 4.78 is 11.7. The van der Waals surface area contributed by atoms with Crippen LogP contribution < -0.4 is 0 Å². The minimum absolute atomic E-state index is 0.167. The summed E-state index contributed by atoms with van der Waals surface area (Å²) in [5, 5.41) is 0. The third kappa shape index (κ3) is 1.38. The summed E-state index contributed by atoms with van der Waals surface area (Å²) in [4.78, 5) is 0. The van der Waals surface area contributed by atoms with Gasteiger partial charge in [0, 0.05) is 12.8 Å². The zero-order valence-corrected chi connectivity index (χ0v) is 8.01. The van der Waals surface area contributed by atoms with Crippen molar-refractivity contribution in [2.45, 2.75) is 63.9 Å². The third-order valence-electron chi connectivity index (χ3n) is 3.03. The molecule has 0 N–H and O–H groups in total. The van der Waals surface area contributed by atoms with Crippen molar-refractivity contribution in [3.05, 3.63) is 0 Å². The lowest BCUT2D eigenvalue weighted by Gasteiger charge is -2.23. The Labute approximate surface area is 74.2 Å². The monoisotopic (exact) mass is 170 g/mol. The van der Waals surface area contributed by atoms with Crippen LogP contribution in [0, 0.1) is 0 Å². The van der Waals surface area contributed by atoms with Crippen molar-refractivity contribution in [2.75, 3.05) is 0 Å². The van der Waals surface area contributed by atoms with Gasteiger partial charge in [-0.1, -0.05) is 6.92 Å². The van der Waals surface area contributed by atoms with Gasteiger partial charge in [-0.3, -0.25) is 0 Å². The fraction of sp³-hybridized carbons (Fsp3) is 1.00. The smallest absolute Gasteiger partial charge is 0.169 e. The van der Waals surface area contributed by atoms with E-state index in [1.165, 1.54) is 6.42 Å².